The van der Waals surface area contributed by atoms with Gasteiger partial charge >= 0.3 is 5.97 Å². The minimum Gasteiger partial charge on any atom is -0.478 e. The lowest BCUT2D eigenvalue weighted by Gasteiger charge is -2.22. The predicted molar refractivity (Wildman–Crippen MR) is 72.4 cm³/mol. The van der Waals surface area contributed by atoms with Gasteiger partial charge in [-0.1, -0.05) is 11.6 Å². The van der Waals surface area contributed by atoms with E-state index in [1.807, 2.05) is 0 Å². The molecule has 1 aromatic carbocycles. The largest absolute Gasteiger partial charge is 0.478 e. The van der Waals surface area contributed by atoms with Gasteiger partial charge in [-0.3, -0.25) is 0 Å². The fraction of sp³-hybridized carbons (Fsp3) is 0.417. The van der Waals surface area contributed by atoms with Gasteiger partial charge in [0.15, 0.2) is 0 Å². The Morgan fingerprint density at radius 2 is 2.14 bits per heavy atom. The van der Waals surface area contributed by atoms with Crippen LogP contribution in [0.1, 0.15) is 23.2 Å². The number of aliphatic hydroxyl groups is 1. The molecular formula is C12H13ClFNO5S. The van der Waals surface area contributed by atoms with Crippen molar-refractivity contribution < 1.29 is 27.8 Å². The highest BCUT2D eigenvalue weighted by Crippen LogP contribution is 2.30. The van der Waals surface area contributed by atoms with E-state index in [1.54, 1.807) is 0 Å². The van der Waals surface area contributed by atoms with Gasteiger partial charge in [-0.2, -0.15) is 4.31 Å². The maximum absolute atomic E-state index is 13.7. The van der Waals surface area contributed by atoms with Crippen molar-refractivity contribution in [3.63, 3.8) is 0 Å². The Hall–Kier alpha value is -1.22. The van der Waals surface area contributed by atoms with Gasteiger partial charge in [0.05, 0.1) is 22.1 Å². The number of aliphatic hydroxyl groups excluding tert-OH is 1. The molecule has 1 atom stereocenters. The maximum atomic E-state index is 13.7. The zero-order valence-corrected chi connectivity index (χ0v) is 12.4. The fourth-order valence-corrected chi connectivity index (χ4v) is 4.23. The zero-order chi connectivity index (χ0) is 15.8. The van der Waals surface area contributed by atoms with Gasteiger partial charge in [0, 0.05) is 12.6 Å². The molecule has 0 spiro atoms. The lowest BCUT2D eigenvalue weighted by molar-refractivity contribution is 0.0696. The highest BCUT2D eigenvalue weighted by molar-refractivity contribution is 7.89. The first kappa shape index (κ1) is 16.2. The van der Waals surface area contributed by atoms with E-state index in [4.69, 9.17) is 16.7 Å². The second kappa shape index (κ2) is 5.88. The molecule has 116 valence electrons. The quantitative estimate of drug-likeness (QED) is 0.864. The van der Waals surface area contributed by atoms with E-state index in [2.05, 4.69) is 0 Å². The average molecular weight is 338 g/mol. The molecule has 1 aromatic rings. The lowest BCUT2D eigenvalue weighted by atomic mass is 10.2. The molecule has 1 aliphatic rings. The number of hydrogen-bond donors (Lipinski definition) is 2. The van der Waals surface area contributed by atoms with Gasteiger partial charge < -0.3 is 10.2 Å². The van der Waals surface area contributed by atoms with Crippen molar-refractivity contribution >= 4 is 27.6 Å². The SMILES string of the molecule is O=C(O)c1cc(S(=O)(=O)N2CCC[C@H]2CO)cc(F)c1Cl. The molecule has 0 radical (unpaired) electrons. The third kappa shape index (κ3) is 2.89. The monoisotopic (exact) mass is 337 g/mol. The lowest BCUT2D eigenvalue weighted by Crippen LogP contribution is -2.37. The predicted octanol–water partition coefficient (Wildman–Crippen LogP) is 1.32. The zero-order valence-electron chi connectivity index (χ0n) is 10.8. The third-order valence-electron chi connectivity index (χ3n) is 3.37. The normalized spacial score (nSPS) is 19.9. The van der Waals surface area contributed by atoms with Crippen LogP contribution in [0.5, 0.6) is 0 Å². The summed E-state index contributed by atoms with van der Waals surface area (Å²) < 4.78 is 39.6. The second-order valence-corrected chi connectivity index (χ2v) is 6.93. The Labute approximate surface area is 125 Å². The first-order chi connectivity index (χ1) is 9.78. The minimum atomic E-state index is -4.08. The van der Waals surface area contributed by atoms with Crippen molar-refractivity contribution in [2.45, 2.75) is 23.8 Å². The van der Waals surface area contributed by atoms with Crippen molar-refractivity contribution in [1.29, 1.82) is 0 Å². The molecule has 1 heterocycles. The summed E-state index contributed by atoms with van der Waals surface area (Å²) in [7, 11) is -4.08. The summed E-state index contributed by atoms with van der Waals surface area (Å²) in [6, 6.07) is 0.939. The smallest absolute Gasteiger partial charge is 0.337 e. The molecule has 0 bridgehead atoms. The van der Waals surface area contributed by atoms with Gasteiger partial charge in [0.1, 0.15) is 5.82 Å². The van der Waals surface area contributed by atoms with E-state index in [0.717, 1.165) is 10.4 Å². The average Bonchev–Trinajstić information content (AvgIpc) is 2.90. The molecule has 1 saturated heterocycles. The van der Waals surface area contributed by atoms with Gasteiger partial charge in [-0.15, -0.1) is 0 Å². The molecule has 0 saturated carbocycles. The van der Waals surface area contributed by atoms with Crippen LogP contribution in [0.4, 0.5) is 4.39 Å². The highest BCUT2D eigenvalue weighted by Gasteiger charge is 2.35. The summed E-state index contributed by atoms with van der Waals surface area (Å²) in [6.45, 7) is -0.151. The summed E-state index contributed by atoms with van der Waals surface area (Å²) in [4.78, 5) is 10.5. The molecule has 9 heteroatoms. The number of sulfonamides is 1. The molecular weight excluding hydrogens is 325 g/mol. The summed E-state index contributed by atoms with van der Waals surface area (Å²) >= 11 is 5.52. The van der Waals surface area contributed by atoms with Crippen molar-refractivity contribution in [3.05, 3.63) is 28.5 Å². The van der Waals surface area contributed by atoms with Crippen LogP contribution in [-0.2, 0) is 10.0 Å². The molecule has 0 unspecified atom stereocenters. The van der Waals surface area contributed by atoms with Crippen molar-refractivity contribution in [2.75, 3.05) is 13.2 Å². The Kier molecular flexibility index (Phi) is 4.52. The molecule has 2 N–H and O–H groups in total. The number of benzene rings is 1. The number of carboxylic acids is 1. The van der Waals surface area contributed by atoms with E-state index in [0.29, 0.717) is 18.9 Å². The van der Waals surface area contributed by atoms with Crippen molar-refractivity contribution in [3.8, 4) is 0 Å². The van der Waals surface area contributed by atoms with Crippen molar-refractivity contribution in [2.24, 2.45) is 0 Å². The van der Waals surface area contributed by atoms with Crippen LogP contribution in [0, 0.1) is 5.82 Å². The first-order valence-electron chi connectivity index (χ1n) is 6.14. The number of nitrogens with zero attached hydrogens (tertiary/aromatic N) is 1. The molecule has 0 aliphatic carbocycles. The molecule has 2 rings (SSSR count). The first-order valence-corrected chi connectivity index (χ1v) is 7.96. The van der Waals surface area contributed by atoms with E-state index in [1.165, 1.54) is 0 Å². The van der Waals surface area contributed by atoms with Gasteiger partial charge in [-0.25, -0.2) is 17.6 Å². The summed E-state index contributed by atoms with van der Waals surface area (Å²) in [5.41, 5.74) is -0.616. The number of carboxylic acid groups (broad SMARTS) is 1. The Bertz CT molecular complexity index is 678. The van der Waals surface area contributed by atoms with Crippen LogP contribution in [0.3, 0.4) is 0 Å². The summed E-state index contributed by atoms with van der Waals surface area (Å²) in [5.74, 6) is -2.63. The molecule has 21 heavy (non-hydrogen) atoms. The maximum Gasteiger partial charge on any atom is 0.337 e. The fourth-order valence-electron chi connectivity index (χ4n) is 2.31. The highest BCUT2D eigenvalue weighted by atomic mass is 35.5. The Morgan fingerprint density at radius 1 is 1.48 bits per heavy atom. The minimum absolute atomic E-state index is 0.195. The molecule has 1 aliphatic heterocycles. The number of hydrogen-bond acceptors (Lipinski definition) is 4. The number of aromatic carboxylic acids is 1. The van der Waals surface area contributed by atoms with E-state index in [-0.39, 0.29) is 13.2 Å². The van der Waals surface area contributed by atoms with Crippen LogP contribution >= 0.6 is 11.6 Å². The summed E-state index contributed by atoms with van der Waals surface area (Å²) in [6.07, 6.45) is 1.07. The van der Waals surface area contributed by atoms with Crippen LogP contribution in [0.15, 0.2) is 17.0 Å². The van der Waals surface area contributed by atoms with Gasteiger partial charge in [-0.05, 0) is 25.0 Å². The molecule has 1 fully saturated rings. The Balaban J connectivity index is 2.53. The Morgan fingerprint density at radius 3 is 2.71 bits per heavy atom. The van der Waals surface area contributed by atoms with Gasteiger partial charge in [0.2, 0.25) is 10.0 Å². The third-order valence-corrected chi connectivity index (χ3v) is 5.69. The molecule has 0 amide bonds. The standard InChI is InChI=1S/C12H13ClFNO5S/c13-11-9(12(17)18)4-8(5-10(11)14)21(19,20)15-3-1-2-7(15)6-16/h4-5,7,16H,1-3,6H2,(H,17,18)/t7-/m0/s1. The van der Waals surface area contributed by atoms with Crippen LogP contribution < -0.4 is 0 Å². The van der Waals surface area contributed by atoms with Gasteiger partial charge in [0.25, 0.3) is 0 Å². The number of carbonyl (C=O) groups is 1. The van der Waals surface area contributed by atoms with E-state index < -0.39 is 43.3 Å². The van der Waals surface area contributed by atoms with Crippen LogP contribution in [0.25, 0.3) is 0 Å². The topological polar surface area (TPSA) is 94.9 Å². The number of halogens is 2. The van der Waals surface area contributed by atoms with E-state index >= 15 is 0 Å². The molecule has 0 aromatic heterocycles. The van der Waals surface area contributed by atoms with Crippen molar-refractivity contribution in [1.82, 2.24) is 4.31 Å². The van der Waals surface area contributed by atoms with E-state index in [9.17, 15) is 22.7 Å². The number of rotatable bonds is 4. The van der Waals surface area contributed by atoms with Crippen LogP contribution in [-0.4, -0.2) is 48.1 Å². The second-order valence-electron chi connectivity index (χ2n) is 4.67. The van der Waals surface area contributed by atoms with Crippen LogP contribution in [0.2, 0.25) is 5.02 Å². The molecule has 6 nitrogen and oxygen atoms in total. The summed E-state index contributed by atoms with van der Waals surface area (Å²) in [5, 5.41) is 17.5.